The van der Waals surface area contributed by atoms with Crippen LogP contribution in [0.5, 0.6) is 0 Å². The molecule has 6 nitrogen and oxygen atoms in total. The number of rotatable bonds is 4. The molecule has 152 valence electrons. The summed E-state index contributed by atoms with van der Waals surface area (Å²) in [6.45, 7) is 6.11. The molecule has 0 radical (unpaired) electrons. The number of halogens is 3. The maximum atomic E-state index is 12.6. The van der Waals surface area contributed by atoms with E-state index in [4.69, 9.17) is 0 Å². The van der Waals surface area contributed by atoms with Crippen molar-refractivity contribution >= 4 is 11.7 Å². The molecule has 0 spiro atoms. The molecule has 28 heavy (non-hydrogen) atoms. The number of carbonyl (C=O) groups excluding carboxylic acids is 1. The fraction of sp³-hybridized carbons (Fsp3) is 0.526. The number of piperazine rings is 1. The average Bonchev–Trinajstić information content (AvgIpc) is 2.91. The number of anilines is 1. The van der Waals surface area contributed by atoms with Gasteiger partial charge in [-0.3, -0.25) is 9.48 Å². The highest BCUT2D eigenvalue weighted by Gasteiger charge is 2.31. The number of hydrogen-bond donors (Lipinski definition) is 0. The number of aromatic nitrogens is 3. The van der Waals surface area contributed by atoms with Gasteiger partial charge in [-0.2, -0.15) is 18.3 Å². The zero-order valence-corrected chi connectivity index (χ0v) is 16.3. The number of alkyl halides is 3. The van der Waals surface area contributed by atoms with E-state index in [0.29, 0.717) is 44.8 Å². The van der Waals surface area contributed by atoms with Crippen molar-refractivity contribution in [1.82, 2.24) is 19.7 Å². The van der Waals surface area contributed by atoms with Gasteiger partial charge in [0.05, 0.1) is 11.3 Å². The molecular weight excluding hydrogens is 371 g/mol. The lowest BCUT2D eigenvalue weighted by Gasteiger charge is -2.35. The van der Waals surface area contributed by atoms with Crippen molar-refractivity contribution in [2.24, 2.45) is 7.05 Å². The molecule has 0 bridgehead atoms. The Labute approximate surface area is 162 Å². The quantitative estimate of drug-likeness (QED) is 0.799. The molecule has 1 aliphatic rings. The van der Waals surface area contributed by atoms with Crippen molar-refractivity contribution in [1.29, 1.82) is 0 Å². The van der Waals surface area contributed by atoms with Gasteiger partial charge < -0.3 is 9.80 Å². The maximum Gasteiger partial charge on any atom is 0.417 e. The third kappa shape index (κ3) is 4.28. The summed E-state index contributed by atoms with van der Waals surface area (Å²) < 4.78 is 39.8. The van der Waals surface area contributed by atoms with Gasteiger partial charge in [-0.25, -0.2) is 4.98 Å². The highest BCUT2D eigenvalue weighted by Crippen LogP contribution is 2.29. The minimum Gasteiger partial charge on any atom is -0.353 e. The molecular formula is C19H24F3N5O. The number of nitrogens with zero attached hydrogens (tertiary/aromatic N) is 5. The summed E-state index contributed by atoms with van der Waals surface area (Å²) in [4.78, 5) is 20.2. The molecule has 9 heteroatoms. The zero-order valence-electron chi connectivity index (χ0n) is 16.3. The molecule has 1 saturated heterocycles. The van der Waals surface area contributed by atoms with E-state index < -0.39 is 11.7 Å². The van der Waals surface area contributed by atoms with Gasteiger partial charge in [0.25, 0.3) is 0 Å². The van der Waals surface area contributed by atoms with E-state index in [1.165, 1.54) is 6.07 Å². The lowest BCUT2D eigenvalue weighted by Crippen LogP contribution is -2.49. The van der Waals surface area contributed by atoms with Gasteiger partial charge >= 0.3 is 6.18 Å². The fourth-order valence-corrected chi connectivity index (χ4v) is 3.50. The third-order valence-corrected chi connectivity index (χ3v) is 5.28. The Hall–Kier alpha value is -2.58. The van der Waals surface area contributed by atoms with Crippen LogP contribution in [0.1, 0.15) is 28.9 Å². The monoisotopic (exact) mass is 395 g/mol. The van der Waals surface area contributed by atoms with E-state index in [9.17, 15) is 18.0 Å². The van der Waals surface area contributed by atoms with Crippen molar-refractivity contribution in [3.8, 4) is 0 Å². The van der Waals surface area contributed by atoms with E-state index in [1.807, 2.05) is 35.4 Å². The molecule has 1 aliphatic heterocycles. The largest absolute Gasteiger partial charge is 0.417 e. The molecule has 3 rings (SSSR count). The minimum absolute atomic E-state index is 0.0858. The summed E-state index contributed by atoms with van der Waals surface area (Å²) >= 11 is 0. The van der Waals surface area contributed by atoms with Crippen molar-refractivity contribution in [3.05, 3.63) is 40.8 Å². The highest BCUT2D eigenvalue weighted by molar-refractivity contribution is 5.76. The Morgan fingerprint density at radius 3 is 2.32 bits per heavy atom. The van der Waals surface area contributed by atoms with E-state index in [-0.39, 0.29) is 5.91 Å². The van der Waals surface area contributed by atoms with Gasteiger partial charge in [-0.15, -0.1) is 0 Å². The van der Waals surface area contributed by atoms with Crippen LogP contribution in [0.4, 0.5) is 19.0 Å². The van der Waals surface area contributed by atoms with Crippen LogP contribution in [-0.4, -0.2) is 51.8 Å². The number of pyridine rings is 1. The summed E-state index contributed by atoms with van der Waals surface area (Å²) in [7, 11) is 1.89. The van der Waals surface area contributed by atoms with Gasteiger partial charge in [0.2, 0.25) is 5.91 Å². The molecule has 2 aromatic rings. The van der Waals surface area contributed by atoms with E-state index in [0.717, 1.165) is 29.2 Å². The van der Waals surface area contributed by atoms with Crippen molar-refractivity contribution in [3.63, 3.8) is 0 Å². The smallest absolute Gasteiger partial charge is 0.353 e. The van der Waals surface area contributed by atoms with Crippen LogP contribution in [-0.2, 0) is 24.4 Å². The average molecular weight is 395 g/mol. The highest BCUT2D eigenvalue weighted by atomic mass is 19.4. The Kier molecular flexibility index (Phi) is 5.62. The predicted octanol–water partition coefficient (Wildman–Crippen LogP) is 2.73. The Bertz CT molecular complexity index is 836. The molecule has 1 fully saturated rings. The molecule has 0 aliphatic carbocycles. The van der Waals surface area contributed by atoms with Crippen LogP contribution < -0.4 is 4.90 Å². The first-order chi connectivity index (χ1) is 13.2. The Balaban J connectivity index is 1.52. The van der Waals surface area contributed by atoms with Crippen molar-refractivity contribution in [2.45, 2.75) is 32.9 Å². The molecule has 2 aromatic heterocycles. The number of amides is 1. The van der Waals surface area contributed by atoms with Gasteiger partial charge in [-0.05, 0) is 38.0 Å². The number of aryl methyl sites for hydroxylation is 2. The van der Waals surface area contributed by atoms with Crippen LogP contribution in [0.3, 0.4) is 0 Å². The predicted molar refractivity (Wildman–Crippen MR) is 99.0 cm³/mol. The second kappa shape index (κ2) is 7.81. The second-order valence-electron chi connectivity index (χ2n) is 7.04. The van der Waals surface area contributed by atoms with Gasteiger partial charge in [0.15, 0.2) is 0 Å². The number of carbonyl (C=O) groups is 1. The van der Waals surface area contributed by atoms with Gasteiger partial charge in [0.1, 0.15) is 5.82 Å². The Morgan fingerprint density at radius 2 is 1.82 bits per heavy atom. The SMILES string of the molecule is Cc1nn(C)c(C)c1CCC(=O)N1CCN(c2ccc(C(F)(F)F)cn2)CC1. The first-order valence-corrected chi connectivity index (χ1v) is 9.22. The lowest BCUT2D eigenvalue weighted by atomic mass is 10.1. The molecule has 0 atom stereocenters. The summed E-state index contributed by atoms with van der Waals surface area (Å²) in [6.07, 6.45) is -2.45. The fourth-order valence-electron chi connectivity index (χ4n) is 3.50. The maximum absolute atomic E-state index is 12.6. The standard InChI is InChI=1S/C19H24F3N5O/c1-13-16(14(2)25(3)24-13)5-7-18(28)27-10-8-26(9-11-27)17-6-4-15(12-23-17)19(20,21)22/h4,6,12H,5,7-11H2,1-3H3. The van der Waals surface area contributed by atoms with Crippen molar-refractivity contribution < 1.29 is 18.0 Å². The molecule has 0 aromatic carbocycles. The van der Waals surface area contributed by atoms with E-state index in [2.05, 4.69) is 10.1 Å². The second-order valence-corrected chi connectivity index (χ2v) is 7.04. The van der Waals surface area contributed by atoms with Crippen LogP contribution in [0.15, 0.2) is 18.3 Å². The lowest BCUT2D eigenvalue weighted by molar-refractivity contribution is -0.137. The summed E-state index contributed by atoms with van der Waals surface area (Å²) in [5, 5.41) is 4.37. The van der Waals surface area contributed by atoms with Crippen LogP contribution >= 0.6 is 0 Å². The van der Waals surface area contributed by atoms with Crippen molar-refractivity contribution in [2.75, 3.05) is 31.1 Å². The van der Waals surface area contributed by atoms with Crippen LogP contribution in [0.2, 0.25) is 0 Å². The first-order valence-electron chi connectivity index (χ1n) is 9.22. The molecule has 0 unspecified atom stereocenters. The minimum atomic E-state index is -4.39. The normalized spacial score (nSPS) is 15.2. The summed E-state index contributed by atoms with van der Waals surface area (Å²) in [6, 6.07) is 2.42. The molecule has 3 heterocycles. The van der Waals surface area contributed by atoms with E-state index >= 15 is 0 Å². The van der Waals surface area contributed by atoms with Gasteiger partial charge in [-0.1, -0.05) is 0 Å². The Morgan fingerprint density at radius 1 is 1.14 bits per heavy atom. The third-order valence-electron chi connectivity index (χ3n) is 5.28. The topological polar surface area (TPSA) is 54.3 Å². The zero-order chi connectivity index (χ0) is 20.5. The molecule has 0 N–H and O–H groups in total. The van der Waals surface area contributed by atoms with E-state index in [1.54, 1.807) is 0 Å². The van der Waals surface area contributed by atoms with Crippen LogP contribution in [0, 0.1) is 13.8 Å². The number of hydrogen-bond acceptors (Lipinski definition) is 4. The first kappa shape index (κ1) is 20.2. The van der Waals surface area contributed by atoms with Crippen LogP contribution in [0.25, 0.3) is 0 Å². The summed E-state index contributed by atoms with van der Waals surface area (Å²) in [5.74, 6) is 0.587. The summed E-state index contributed by atoms with van der Waals surface area (Å²) in [5.41, 5.74) is 2.38. The molecule has 1 amide bonds. The van der Waals surface area contributed by atoms with Gasteiger partial charge in [0, 0.05) is 51.5 Å². The molecule has 0 saturated carbocycles.